The Bertz CT molecular complexity index is 585. The van der Waals surface area contributed by atoms with E-state index in [1.54, 1.807) is 11.8 Å². The summed E-state index contributed by atoms with van der Waals surface area (Å²) in [5.41, 5.74) is 4.49. The van der Waals surface area contributed by atoms with Crippen LogP contribution in [0, 0.1) is 15.9 Å². The molecule has 0 saturated heterocycles. The van der Waals surface area contributed by atoms with Gasteiger partial charge in [-0.2, -0.15) is 11.8 Å². The molecule has 1 amide bonds. The molecule has 1 saturated carbocycles. The smallest absolute Gasteiger partial charge is 0.295 e. The molecule has 1 aromatic rings. The predicted octanol–water partition coefficient (Wildman–Crippen LogP) is 2.33. The van der Waals surface area contributed by atoms with Gasteiger partial charge in [0.2, 0.25) is 0 Å². The monoisotopic (exact) mass is 313 g/mol. The molecule has 0 unspecified atom stereocenters. The zero-order chi connectivity index (χ0) is 15.6. The lowest BCUT2D eigenvalue weighted by Gasteiger charge is -2.40. The number of hydrogen-bond donors (Lipinski definition) is 2. The Hall–Kier alpha value is -1.83. The van der Waals surface area contributed by atoms with Crippen molar-refractivity contribution in [2.24, 2.45) is 0 Å². The van der Waals surface area contributed by atoms with E-state index in [1.807, 2.05) is 6.26 Å². The van der Waals surface area contributed by atoms with Gasteiger partial charge in [-0.25, -0.2) is 4.39 Å². The third-order valence-electron chi connectivity index (χ3n) is 3.83. The lowest BCUT2D eigenvalue weighted by Crippen LogP contribution is -2.45. The fraction of sp³-hybridized carbons (Fsp3) is 0.462. The van der Waals surface area contributed by atoms with Crippen molar-refractivity contribution in [2.45, 2.75) is 24.0 Å². The molecule has 0 atom stereocenters. The molecular weight excluding hydrogens is 297 g/mol. The molecule has 0 radical (unpaired) electrons. The molecule has 0 aliphatic heterocycles. The van der Waals surface area contributed by atoms with Crippen molar-refractivity contribution in [2.75, 3.05) is 18.5 Å². The first-order valence-corrected chi connectivity index (χ1v) is 7.68. The van der Waals surface area contributed by atoms with E-state index in [1.165, 1.54) is 0 Å². The van der Waals surface area contributed by atoms with Gasteiger partial charge in [0.05, 0.1) is 16.6 Å². The minimum absolute atomic E-state index is 0.0175. The molecule has 0 heterocycles. The first-order chi connectivity index (χ1) is 9.88. The molecule has 8 heteroatoms. The van der Waals surface area contributed by atoms with Gasteiger partial charge in [-0.15, -0.1) is 0 Å². The van der Waals surface area contributed by atoms with E-state index in [4.69, 9.17) is 5.73 Å². The minimum atomic E-state index is -0.857. The zero-order valence-electron chi connectivity index (χ0n) is 11.5. The number of nitrogens with one attached hydrogen (secondary N) is 1. The summed E-state index contributed by atoms with van der Waals surface area (Å²) in [6, 6.07) is 1.63. The molecule has 114 valence electrons. The molecule has 0 bridgehead atoms. The maximum Gasteiger partial charge on any atom is 0.295 e. The molecule has 1 aromatic carbocycles. The normalized spacial score (nSPS) is 16.1. The topological polar surface area (TPSA) is 98.3 Å². The molecule has 3 N–H and O–H groups in total. The number of nitrogen functional groups attached to an aromatic ring is 1. The summed E-state index contributed by atoms with van der Waals surface area (Å²) < 4.78 is 13.4. The number of nitrogens with zero attached hydrogens (tertiary/aromatic N) is 1. The predicted molar refractivity (Wildman–Crippen MR) is 79.9 cm³/mol. The Labute approximate surface area is 125 Å². The third-order valence-corrected chi connectivity index (χ3v) is 5.25. The van der Waals surface area contributed by atoms with Gasteiger partial charge in [-0.05, 0) is 25.2 Å². The maximum atomic E-state index is 13.4. The highest BCUT2D eigenvalue weighted by Gasteiger charge is 2.36. The Morgan fingerprint density at radius 2 is 2.24 bits per heavy atom. The van der Waals surface area contributed by atoms with E-state index in [0.29, 0.717) is 12.6 Å². The fourth-order valence-electron chi connectivity index (χ4n) is 2.30. The van der Waals surface area contributed by atoms with Crippen LogP contribution >= 0.6 is 11.8 Å². The number of nitro groups is 1. The van der Waals surface area contributed by atoms with Crippen LogP contribution < -0.4 is 11.1 Å². The van der Waals surface area contributed by atoms with E-state index in [0.717, 1.165) is 25.3 Å². The van der Waals surface area contributed by atoms with Gasteiger partial charge in [-0.3, -0.25) is 14.9 Å². The number of thioether (sulfide) groups is 1. The first-order valence-electron chi connectivity index (χ1n) is 6.45. The van der Waals surface area contributed by atoms with Crippen LogP contribution in [0.5, 0.6) is 0 Å². The van der Waals surface area contributed by atoms with Crippen LogP contribution in [0.25, 0.3) is 0 Å². The maximum absolute atomic E-state index is 13.4. The van der Waals surface area contributed by atoms with Crippen LogP contribution in [0.4, 0.5) is 15.8 Å². The van der Waals surface area contributed by atoms with Crippen molar-refractivity contribution in [1.29, 1.82) is 0 Å². The number of anilines is 1. The molecule has 6 nitrogen and oxygen atoms in total. The second-order valence-corrected chi connectivity index (χ2v) is 6.34. The Balaban J connectivity index is 2.17. The van der Waals surface area contributed by atoms with Gasteiger partial charge in [0.15, 0.2) is 0 Å². The van der Waals surface area contributed by atoms with E-state index < -0.39 is 22.3 Å². The number of carbonyl (C=O) groups excluding carboxylic acids is 1. The summed E-state index contributed by atoms with van der Waals surface area (Å²) in [5, 5.41) is 13.5. The Morgan fingerprint density at radius 3 is 2.71 bits per heavy atom. The average molecular weight is 313 g/mol. The van der Waals surface area contributed by atoms with Gasteiger partial charge in [0.1, 0.15) is 11.5 Å². The van der Waals surface area contributed by atoms with Crippen molar-refractivity contribution >= 4 is 29.0 Å². The number of carbonyl (C=O) groups is 1. The Morgan fingerprint density at radius 1 is 1.57 bits per heavy atom. The van der Waals surface area contributed by atoms with Crippen LogP contribution in [0.2, 0.25) is 0 Å². The lowest BCUT2D eigenvalue weighted by atomic mass is 9.84. The summed E-state index contributed by atoms with van der Waals surface area (Å²) in [5.74, 6) is -1.44. The highest BCUT2D eigenvalue weighted by atomic mass is 32.2. The molecule has 21 heavy (non-hydrogen) atoms. The third kappa shape index (κ3) is 3.10. The van der Waals surface area contributed by atoms with Crippen LogP contribution in [0.15, 0.2) is 12.1 Å². The highest BCUT2D eigenvalue weighted by Crippen LogP contribution is 2.42. The number of benzene rings is 1. The number of amides is 1. The number of halogens is 1. The second kappa shape index (κ2) is 5.88. The van der Waals surface area contributed by atoms with E-state index in [2.05, 4.69) is 5.32 Å². The Kier molecular flexibility index (Phi) is 4.36. The lowest BCUT2D eigenvalue weighted by molar-refractivity contribution is -0.384. The molecule has 2 rings (SSSR count). The van der Waals surface area contributed by atoms with Crippen LogP contribution in [0.3, 0.4) is 0 Å². The average Bonchev–Trinajstić information content (AvgIpc) is 2.39. The van der Waals surface area contributed by atoms with Crippen molar-refractivity contribution in [3.8, 4) is 0 Å². The van der Waals surface area contributed by atoms with E-state index in [-0.39, 0.29) is 16.0 Å². The van der Waals surface area contributed by atoms with Crippen molar-refractivity contribution < 1.29 is 14.1 Å². The van der Waals surface area contributed by atoms with Gasteiger partial charge >= 0.3 is 0 Å². The highest BCUT2D eigenvalue weighted by molar-refractivity contribution is 8.00. The van der Waals surface area contributed by atoms with Crippen LogP contribution in [-0.2, 0) is 0 Å². The molecular formula is C13H16FN3O3S. The number of hydrogen-bond acceptors (Lipinski definition) is 5. The van der Waals surface area contributed by atoms with Gasteiger partial charge in [-0.1, -0.05) is 6.42 Å². The quantitative estimate of drug-likeness (QED) is 0.494. The van der Waals surface area contributed by atoms with Gasteiger partial charge < -0.3 is 11.1 Å². The number of nitrogens with two attached hydrogens (primary N) is 1. The summed E-state index contributed by atoms with van der Waals surface area (Å²) in [6.45, 7) is 0.441. The number of nitro benzene ring substituents is 1. The van der Waals surface area contributed by atoms with Crippen LogP contribution in [0.1, 0.15) is 29.6 Å². The summed E-state index contributed by atoms with van der Waals surface area (Å²) in [7, 11) is 0. The standard InChI is InChI=1S/C13H16FN3O3S/c1-21-13(3-2-4-13)7-16-12(18)9-5-8(14)6-10(11(9)15)17(19)20/h5-6H,2-4,7,15H2,1H3,(H,16,18). The fourth-order valence-corrected chi connectivity index (χ4v) is 3.22. The van der Waals surface area contributed by atoms with Crippen molar-refractivity contribution in [1.82, 2.24) is 5.32 Å². The van der Waals surface area contributed by atoms with Gasteiger partial charge in [0, 0.05) is 11.3 Å². The van der Waals surface area contributed by atoms with Gasteiger partial charge in [0.25, 0.3) is 11.6 Å². The largest absolute Gasteiger partial charge is 0.393 e. The van der Waals surface area contributed by atoms with E-state index >= 15 is 0 Å². The second-order valence-electron chi connectivity index (χ2n) is 5.07. The van der Waals surface area contributed by atoms with E-state index in [9.17, 15) is 19.3 Å². The molecule has 1 aliphatic carbocycles. The first kappa shape index (κ1) is 15.6. The molecule has 0 aromatic heterocycles. The van der Waals surface area contributed by atoms with Crippen molar-refractivity contribution in [3.05, 3.63) is 33.6 Å². The summed E-state index contributed by atoms with van der Waals surface area (Å²) in [6.07, 6.45) is 5.11. The summed E-state index contributed by atoms with van der Waals surface area (Å²) in [4.78, 5) is 22.1. The van der Waals surface area contributed by atoms with Crippen LogP contribution in [-0.4, -0.2) is 28.4 Å². The van der Waals surface area contributed by atoms with Crippen molar-refractivity contribution in [3.63, 3.8) is 0 Å². The SMILES string of the molecule is CSC1(CNC(=O)c2cc(F)cc([N+](=O)[O-])c2N)CCC1. The summed E-state index contributed by atoms with van der Waals surface area (Å²) >= 11 is 1.68. The molecule has 1 aliphatic rings. The molecule has 0 spiro atoms. The molecule has 1 fully saturated rings. The minimum Gasteiger partial charge on any atom is -0.393 e. The zero-order valence-corrected chi connectivity index (χ0v) is 12.3. The number of rotatable bonds is 5.